The topological polar surface area (TPSA) is 75.4 Å². The normalized spacial score (nSPS) is 13.3. The third-order valence-corrected chi connectivity index (χ3v) is 5.31. The van der Waals surface area contributed by atoms with Crippen molar-refractivity contribution in [1.29, 1.82) is 0 Å². The van der Waals surface area contributed by atoms with Gasteiger partial charge in [0.15, 0.2) is 11.3 Å². The zero-order valence-corrected chi connectivity index (χ0v) is 16.5. The molecular weight excluding hydrogens is 407 g/mol. The molecule has 0 saturated carbocycles. The minimum absolute atomic E-state index is 0.175. The Balaban J connectivity index is 1.48. The van der Waals surface area contributed by atoms with Crippen LogP contribution in [0.15, 0.2) is 54.9 Å². The Morgan fingerprint density at radius 1 is 1.13 bits per heavy atom. The van der Waals surface area contributed by atoms with Crippen molar-refractivity contribution in [2.24, 2.45) is 0 Å². The van der Waals surface area contributed by atoms with Gasteiger partial charge in [0.2, 0.25) is 0 Å². The molecule has 1 fully saturated rings. The molecular formula is C21H16ClFN6O. The summed E-state index contributed by atoms with van der Waals surface area (Å²) in [5.74, 6) is -0.0462. The van der Waals surface area contributed by atoms with Gasteiger partial charge in [-0.25, -0.2) is 18.9 Å². The first-order valence-electron chi connectivity index (χ1n) is 9.42. The molecule has 9 heteroatoms. The van der Waals surface area contributed by atoms with Crippen LogP contribution in [0.2, 0.25) is 5.02 Å². The third kappa shape index (κ3) is 3.25. The van der Waals surface area contributed by atoms with Crippen LogP contribution in [0.3, 0.4) is 0 Å². The van der Waals surface area contributed by atoms with Gasteiger partial charge in [-0.05, 0) is 36.8 Å². The molecule has 150 valence electrons. The van der Waals surface area contributed by atoms with E-state index >= 15 is 0 Å². The van der Waals surface area contributed by atoms with E-state index in [1.54, 1.807) is 30.5 Å². The molecule has 1 aliphatic heterocycles. The number of halogens is 2. The van der Waals surface area contributed by atoms with Gasteiger partial charge in [-0.3, -0.25) is 4.79 Å². The number of nitrogens with one attached hydrogen (secondary N) is 1. The number of fused-ring (bicyclic) bond motifs is 1. The molecule has 1 amide bonds. The first-order valence-corrected chi connectivity index (χ1v) is 9.79. The van der Waals surface area contributed by atoms with Gasteiger partial charge in [0.1, 0.15) is 11.6 Å². The molecule has 5 rings (SSSR count). The lowest BCUT2D eigenvalue weighted by Crippen LogP contribution is -2.37. The van der Waals surface area contributed by atoms with Crippen LogP contribution in [0, 0.1) is 5.82 Å². The lowest BCUT2D eigenvalue weighted by Gasteiger charge is -2.32. The van der Waals surface area contributed by atoms with Crippen molar-refractivity contribution in [3.05, 3.63) is 71.4 Å². The van der Waals surface area contributed by atoms with Gasteiger partial charge >= 0.3 is 0 Å². The Morgan fingerprint density at radius 3 is 2.77 bits per heavy atom. The lowest BCUT2D eigenvalue weighted by molar-refractivity contribution is 0.102. The molecule has 0 aliphatic carbocycles. The van der Waals surface area contributed by atoms with E-state index in [4.69, 9.17) is 11.6 Å². The summed E-state index contributed by atoms with van der Waals surface area (Å²) in [6, 6.07) is 11.3. The smallest absolute Gasteiger partial charge is 0.276 e. The molecule has 0 spiro atoms. The second-order valence-corrected chi connectivity index (χ2v) is 7.33. The maximum Gasteiger partial charge on any atom is 0.276 e. The van der Waals surface area contributed by atoms with Crippen molar-refractivity contribution in [2.45, 2.75) is 6.42 Å². The van der Waals surface area contributed by atoms with E-state index in [-0.39, 0.29) is 22.2 Å². The zero-order chi connectivity index (χ0) is 20.7. The van der Waals surface area contributed by atoms with Crippen LogP contribution >= 0.6 is 11.6 Å². The van der Waals surface area contributed by atoms with Crippen molar-refractivity contribution in [3.63, 3.8) is 0 Å². The van der Waals surface area contributed by atoms with Crippen LogP contribution in [-0.2, 0) is 0 Å². The van der Waals surface area contributed by atoms with Crippen molar-refractivity contribution in [1.82, 2.24) is 19.6 Å². The number of carbonyl (C=O) groups excluding carboxylic acids is 1. The summed E-state index contributed by atoms with van der Waals surface area (Å²) >= 11 is 6.16. The zero-order valence-electron chi connectivity index (χ0n) is 15.7. The summed E-state index contributed by atoms with van der Waals surface area (Å²) in [7, 11) is 0. The molecule has 4 heterocycles. The summed E-state index contributed by atoms with van der Waals surface area (Å²) in [5, 5.41) is 7.50. The van der Waals surface area contributed by atoms with E-state index in [1.807, 2.05) is 6.07 Å². The minimum atomic E-state index is -0.490. The van der Waals surface area contributed by atoms with E-state index in [2.05, 4.69) is 25.3 Å². The van der Waals surface area contributed by atoms with Crippen molar-refractivity contribution < 1.29 is 9.18 Å². The molecule has 0 atom stereocenters. The fourth-order valence-corrected chi connectivity index (χ4v) is 3.57. The summed E-state index contributed by atoms with van der Waals surface area (Å²) in [6.07, 6.45) is 4.23. The molecule has 3 aromatic heterocycles. The Morgan fingerprint density at radius 2 is 2.00 bits per heavy atom. The summed E-state index contributed by atoms with van der Waals surface area (Å²) in [4.78, 5) is 23.6. The van der Waals surface area contributed by atoms with Gasteiger partial charge in [-0.2, -0.15) is 5.10 Å². The number of carbonyl (C=O) groups is 1. The van der Waals surface area contributed by atoms with Crippen LogP contribution in [0.5, 0.6) is 0 Å². The Bertz CT molecular complexity index is 1250. The molecule has 30 heavy (non-hydrogen) atoms. The van der Waals surface area contributed by atoms with Gasteiger partial charge in [0, 0.05) is 31.0 Å². The molecule has 1 N–H and O–H groups in total. The van der Waals surface area contributed by atoms with Gasteiger partial charge in [0.05, 0.1) is 22.5 Å². The molecule has 1 aromatic carbocycles. The SMILES string of the molecule is O=C(Nc1ccnc(N2CCC2)c1)c1cnc2ccc(-c3c(F)cccc3Cl)nn12. The predicted molar refractivity (Wildman–Crippen MR) is 112 cm³/mol. The number of amides is 1. The van der Waals surface area contributed by atoms with E-state index in [9.17, 15) is 9.18 Å². The van der Waals surface area contributed by atoms with E-state index in [1.165, 1.54) is 22.8 Å². The number of hydrogen-bond acceptors (Lipinski definition) is 5. The number of benzene rings is 1. The number of anilines is 2. The fourth-order valence-electron chi connectivity index (χ4n) is 3.31. The van der Waals surface area contributed by atoms with E-state index < -0.39 is 5.82 Å². The monoisotopic (exact) mass is 422 g/mol. The second kappa shape index (κ2) is 7.38. The fraction of sp³-hybridized carbons (Fsp3) is 0.143. The highest BCUT2D eigenvalue weighted by atomic mass is 35.5. The maximum absolute atomic E-state index is 14.3. The van der Waals surface area contributed by atoms with Crippen LogP contribution in [0.25, 0.3) is 16.9 Å². The first kappa shape index (κ1) is 18.5. The average Bonchev–Trinajstić information content (AvgIpc) is 3.10. The maximum atomic E-state index is 14.3. The average molecular weight is 423 g/mol. The van der Waals surface area contributed by atoms with Crippen molar-refractivity contribution in [3.8, 4) is 11.3 Å². The Kier molecular flexibility index (Phi) is 4.55. The molecule has 1 saturated heterocycles. The highest BCUT2D eigenvalue weighted by Gasteiger charge is 2.19. The van der Waals surface area contributed by atoms with E-state index in [0.29, 0.717) is 17.0 Å². The van der Waals surface area contributed by atoms with Crippen molar-refractivity contribution in [2.75, 3.05) is 23.3 Å². The summed E-state index contributed by atoms with van der Waals surface area (Å²) in [5.41, 5.74) is 1.80. The quantitative estimate of drug-likeness (QED) is 0.537. The number of nitrogens with zero attached hydrogens (tertiary/aromatic N) is 5. The van der Waals surface area contributed by atoms with Gasteiger partial charge in [0.25, 0.3) is 5.91 Å². The number of imidazole rings is 1. The molecule has 0 bridgehead atoms. The second-order valence-electron chi connectivity index (χ2n) is 6.93. The van der Waals surface area contributed by atoms with Crippen LogP contribution in [-0.4, -0.2) is 38.6 Å². The Labute approximate surface area is 176 Å². The lowest BCUT2D eigenvalue weighted by atomic mass is 10.1. The molecule has 7 nitrogen and oxygen atoms in total. The highest BCUT2D eigenvalue weighted by molar-refractivity contribution is 6.33. The van der Waals surface area contributed by atoms with Crippen LogP contribution in [0.4, 0.5) is 15.9 Å². The molecule has 0 unspecified atom stereocenters. The van der Waals surface area contributed by atoms with Gasteiger partial charge in [-0.1, -0.05) is 17.7 Å². The van der Waals surface area contributed by atoms with Gasteiger partial charge < -0.3 is 10.2 Å². The summed E-state index contributed by atoms with van der Waals surface area (Å²) in [6.45, 7) is 1.92. The molecule has 1 aliphatic rings. The number of rotatable bonds is 4. The van der Waals surface area contributed by atoms with Crippen molar-refractivity contribution >= 4 is 34.7 Å². The van der Waals surface area contributed by atoms with Gasteiger partial charge in [-0.15, -0.1) is 0 Å². The van der Waals surface area contributed by atoms with Crippen LogP contribution < -0.4 is 10.2 Å². The van der Waals surface area contributed by atoms with Crippen LogP contribution in [0.1, 0.15) is 16.9 Å². The minimum Gasteiger partial charge on any atom is -0.356 e. The van der Waals surface area contributed by atoms with E-state index in [0.717, 1.165) is 25.3 Å². The largest absolute Gasteiger partial charge is 0.356 e. The number of hydrogen-bond donors (Lipinski definition) is 1. The first-order chi connectivity index (χ1) is 14.6. The standard InChI is InChI=1S/C21H16ClFN6O/c22-14-3-1-4-15(23)20(14)16-5-6-18-25-12-17(29(18)27-16)21(30)26-13-7-8-24-19(11-13)28-9-2-10-28/h1,3-8,11-12H,2,9-10H2,(H,24,26,30). The molecule has 4 aromatic rings. The Hall–Kier alpha value is -3.52. The highest BCUT2D eigenvalue weighted by Crippen LogP contribution is 2.29. The number of aromatic nitrogens is 4. The summed E-state index contributed by atoms with van der Waals surface area (Å²) < 4.78 is 15.7. The third-order valence-electron chi connectivity index (χ3n) is 5.00. The molecule has 0 radical (unpaired) electrons. The number of pyridine rings is 1. The predicted octanol–water partition coefficient (Wildman–Crippen LogP) is 4.05.